The van der Waals surface area contributed by atoms with E-state index in [1.165, 1.54) is 36.2 Å². The van der Waals surface area contributed by atoms with Gasteiger partial charge in [0.25, 0.3) is 0 Å². The van der Waals surface area contributed by atoms with Gasteiger partial charge < -0.3 is 5.32 Å². The van der Waals surface area contributed by atoms with E-state index in [-0.39, 0.29) is 0 Å². The Kier molecular flexibility index (Phi) is 1.93. The zero-order valence-electron chi connectivity index (χ0n) is 9.56. The van der Waals surface area contributed by atoms with Crippen LogP contribution in [0.5, 0.6) is 0 Å². The lowest BCUT2D eigenvalue weighted by Gasteiger charge is -2.32. The molecule has 15 heavy (non-hydrogen) atoms. The van der Waals surface area contributed by atoms with E-state index in [2.05, 4.69) is 29.4 Å². The number of nitrogens with zero attached hydrogens (tertiary/aromatic N) is 1. The number of aromatic nitrogens is 2. The second-order valence-corrected chi connectivity index (χ2v) is 5.76. The molecule has 2 N–H and O–H groups in total. The molecular weight excluding hydrogens is 186 g/mol. The number of hydrogen-bond donors (Lipinski definition) is 2. The van der Waals surface area contributed by atoms with E-state index in [0.717, 1.165) is 13.1 Å². The number of aryl methyl sites for hydroxylation is 1. The van der Waals surface area contributed by atoms with Crippen molar-refractivity contribution in [1.29, 1.82) is 0 Å². The molecule has 1 aliphatic carbocycles. The zero-order chi connectivity index (χ0) is 10.5. The monoisotopic (exact) mass is 205 g/mol. The minimum Gasteiger partial charge on any atom is -0.315 e. The molecule has 3 nitrogen and oxygen atoms in total. The predicted molar refractivity (Wildman–Crippen MR) is 60.0 cm³/mol. The summed E-state index contributed by atoms with van der Waals surface area (Å²) in [5.41, 5.74) is 4.73. The van der Waals surface area contributed by atoms with E-state index in [0.29, 0.717) is 11.3 Å². The van der Waals surface area contributed by atoms with Crippen molar-refractivity contribution < 1.29 is 0 Å². The van der Waals surface area contributed by atoms with Gasteiger partial charge in [-0.3, -0.25) is 5.10 Å². The first-order valence-electron chi connectivity index (χ1n) is 5.92. The van der Waals surface area contributed by atoms with Crippen LogP contribution < -0.4 is 5.32 Å². The Hall–Kier alpha value is -0.830. The van der Waals surface area contributed by atoms with Crippen LogP contribution in [0.25, 0.3) is 0 Å². The predicted octanol–water partition coefficient (Wildman–Crippen LogP) is 1.61. The summed E-state index contributed by atoms with van der Waals surface area (Å²) in [5, 5.41) is 11.1. The molecule has 82 valence electrons. The van der Waals surface area contributed by atoms with Crippen LogP contribution in [0.1, 0.15) is 43.1 Å². The van der Waals surface area contributed by atoms with E-state index in [1.54, 1.807) is 0 Å². The van der Waals surface area contributed by atoms with E-state index < -0.39 is 0 Å². The second-order valence-electron chi connectivity index (χ2n) is 5.76. The smallest absolute Gasteiger partial charge is 0.0713 e. The molecule has 1 saturated heterocycles. The molecule has 0 aromatic carbocycles. The van der Waals surface area contributed by atoms with Crippen molar-refractivity contribution in [1.82, 2.24) is 15.5 Å². The first kappa shape index (κ1) is 9.40. The fraction of sp³-hybridized carbons (Fsp3) is 0.750. The molecule has 0 radical (unpaired) electrons. The molecule has 3 heteroatoms. The molecule has 2 heterocycles. The summed E-state index contributed by atoms with van der Waals surface area (Å²) in [5.74, 6) is 0.666. The van der Waals surface area contributed by atoms with Crippen LogP contribution in [0.2, 0.25) is 0 Å². The average molecular weight is 205 g/mol. The molecule has 0 atom stereocenters. The van der Waals surface area contributed by atoms with Gasteiger partial charge in [0.05, 0.1) is 5.69 Å². The van der Waals surface area contributed by atoms with E-state index >= 15 is 0 Å². The Labute approximate surface area is 90.7 Å². The number of fused-ring (bicyclic) bond motifs is 1. The normalized spacial score (nSPS) is 24.7. The molecule has 1 fully saturated rings. The second kappa shape index (κ2) is 3.08. The van der Waals surface area contributed by atoms with E-state index in [4.69, 9.17) is 0 Å². The summed E-state index contributed by atoms with van der Waals surface area (Å²) in [6.07, 6.45) is 3.66. The highest BCUT2D eigenvalue weighted by atomic mass is 15.1. The Balaban J connectivity index is 1.94. The van der Waals surface area contributed by atoms with Crippen LogP contribution in [0, 0.1) is 5.41 Å². The quantitative estimate of drug-likeness (QED) is 0.731. The van der Waals surface area contributed by atoms with Crippen molar-refractivity contribution in [3.63, 3.8) is 0 Å². The number of H-pyrrole nitrogens is 1. The van der Waals surface area contributed by atoms with Gasteiger partial charge in [0.15, 0.2) is 0 Å². The molecule has 3 rings (SSSR count). The van der Waals surface area contributed by atoms with Crippen molar-refractivity contribution in [2.24, 2.45) is 5.41 Å². The standard InChI is InChI=1S/C12H19N3/c1-12(2)4-3-10-9(5-12)11(15-14-10)8-6-13-7-8/h8,13H,3-7H2,1-2H3,(H,14,15). The topological polar surface area (TPSA) is 40.7 Å². The lowest BCUT2D eigenvalue weighted by molar-refractivity contribution is 0.311. The van der Waals surface area contributed by atoms with Gasteiger partial charge in [-0.2, -0.15) is 5.10 Å². The molecule has 0 saturated carbocycles. The summed E-state index contributed by atoms with van der Waals surface area (Å²) in [6.45, 7) is 6.95. The first-order chi connectivity index (χ1) is 7.16. The maximum absolute atomic E-state index is 4.52. The minimum atomic E-state index is 0.461. The summed E-state index contributed by atoms with van der Waals surface area (Å²) in [7, 11) is 0. The van der Waals surface area contributed by atoms with Gasteiger partial charge in [0.2, 0.25) is 0 Å². The minimum absolute atomic E-state index is 0.461. The summed E-state index contributed by atoms with van der Waals surface area (Å²) in [4.78, 5) is 0. The van der Waals surface area contributed by atoms with Gasteiger partial charge >= 0.3 is 0 Å². The molecule has 1 aromatic rings. The average Bonchev–Trinajstić information content (AvgIpc) is 2.44. The number of rotatable bonds is 1. The van der Waals surface area contributed by atoms with Crippen LogP contribution in [0.15, 0.2) is 0 Å². The highest BCUT2D eigenvalue weighted by Crippen LogP contribution is 2.37. The van der Waals surface area contributed by atoms with Crippen molar-refractivity contribution in [2.45, 2.75) is 39.0 Å². The Morgan fingerprint density at radius 1 is 1.33 bits per heavy atom. The van der Waals surface area contributed by atoms with Crippen molar-refractivity contribution in [3.05, 3.63) is 17.0 Å². The Morgan fingerprint density at radius 2 is 2.13 bits per heavy atom. The van der Waals surface area contributed by atoms with Crippen LogP contribution in [0.3, 0.4) is 0 Å². The third kappa shape index (κ3) is 1.49. The van der Waals surface area contributed by atoms with E-state index in [1.807, 2.05) is 0 Å². The van der Waals surface area contributed by atoms with Gasteiger partial charge in [-0.1, -0.05) is 13.8 Å². The molecule has 0 spiro atoms. The molecule has 2 aliphatic rings. The summed E-state index contributed by atoms with van der Waals surface area (Å²) < 4.78 is 0. The van der Waals surface area contributed by atoms with Gasteiger partial charge in [-0.25, -0.2) is 0 Å². The molecule has 0 amide bonds. The third-order valence-electron chi connectivity index (χ3n) is 3.86. The number of hydrogen-bond acceptors (Lipinski definition) is 2. The highest BCUT2D eigenvalue weighted by Gasteiger charge is 2.32. The lowest BCUT2D eigenvalue weighted by Crippen LogP contribution is -2.40. The van der Waals surface area contributed by atoms with Gasteiger partial charge in [0.1, 0.15) is 0 Å². The van der Waals surface area contributed by atoms with Crippen molar-refractivity contribution in [3.8, 4) is 0 Å². The van der Waals surface area contributed by atoms with Crippen LogP contribution in [-0.4, -0.2) is 23.3 Å². The molecule has 0 bridgehead atoms. The molecular formula is C12H19N3. The maximum atomic E-state index is 4.52. The van der Waals surface area contributed by atoms with Crippen LogP contribution >= 0.6 is 0 Å². The maximum Gasteiger partial charge on any atom is 0.0713 e. The Morgan fingerprint density at radius 3 is 2.80 bits per heavy atom. The van der Waals surface area contributed by atoms with E-state index in [9.17, 15) is 0 Å². The summed E-state index contributed by atoms with van der Waals surface area (Å²) in [6, 6.07) is 0. The largest absolute Gasteiger partial charge is 0.315 e. The molecule has 1 aromatic heterocycles. The van der Waals surface area contributed by atoms with Crippen LogP contribution in [-0.2, 0) is 12.8 Å². The molecule has 1 aliphatic heterocycles. The SMILES string of the molecule is CC1(C)CCc2[nH]nc(C3CNC3)c2C1. The number of aromatic amines is 1. The van der Waals surface area contributed by atoms with Crippen molar-refractivity contribution in [2.75, 3.05) is 13.1 Å². The number of nitrogens with one attached hydrogen (secondary N) is 2. The zero-order valence-corrected chi connectivity index (χ0v) is 9.56. The first-order valence-corrected chi connectivity index (χ1v) is 5.92. The fourth-order valence-electron chi connectivity index (χ4n) is 2.67. The van der Waals surface area contributed by atoms with Gasteiger partial charge in [0, 0.05) is 24.7 Å². The van der Waals surface area contributed by atoms with Gasteiger partial charge in [-0.05, 0) is 30.2 Å². The lowest BCUT2D eigenvalue weighted by atomic mass is 9.74. The third-order valence-corrected chi connectivity index (χ3v) is 3.86. The molecule has 0 unspecified atom stereocenters. The summed E-state index contributed by atoms with van der Waals surface area (Å²) >= 11 is 0. The fourth-order valence-corrected chi connectivity index (χ4v) is 2.67. The van der Waals surface area contributed by atoms with Crippen LogP contribution in [0.4, 0.5) is 0 Å². The van der Waals surface area contributed by atoms with Crippen molar-refractivity contribution >= 4 is 0 Å². The highest BCUT2D eigenvalue weighted by molar-refractivity contribution is 5.33. The van der Waals surface area contributed by atoms with Gasteiger partial charge in [-0.15, -0.1) is 0 Å². The Bertz CT molecular complexity index is 374.